The molecule has 0 aromatic heterocycles. The summed E-state index contributed by atoms with van der Waals surface area (Å²) in [6, 6.07) is 8.46. The lowest BCUT2D eigenvalue weighted by Crippen LogP contribution is -2.20. The standard InChI is InChI=1S/C15H20O/c1-2-3-4-9-14-13-8-6-5-7-12(13)10-11-15(14)16/h5-8,14H,2-4,9-11H2,1H3. The third-order valence-corrected chi connectivity index (χ3v) is 3.56. The highest BCUT2D eigenvalue weighted by atomic mass is 16.1. The first-order valence-electron chi connectivity index (χ1n) is 6.43. The van der Waals surface area contributed by atoms with Crippen LogP contribution < -0.4 is 0 Å². The average molecular weight is 216 g/mol. The second-order valence-electron chi connectivity index (χ2n) is 4.71. The zero-order valence-corrected chi connectivity index (χ0v) is 10.0. The maximum atomic E-state index is 12.0. The number of unbranched alkanes of at least 4 members (excludes halogenated alkanes) is 2. The van der Waals surface area contributed by atoms with Crippen LogP contribution in [0.1, 0.15) is 56.1 Å². The fourth-order valence-corrected chi connectivity index (χ4v) is 2.62. The van der Waals surface area contributed by atoms with Gasteiger partial charge in [0, 0.05) is 12.3 Å². The number of fused-ring (bicyclic) bond motifs is 1. The molecule has 0 spiro atoms. The average Bonchev–Trinajstić information content (AvgIpc) is 2.32. The summed E-state index contributed by atoms with van der Waals surface area (Å²) in [6.07, 6.45) is 6.38. The maximum Gasteiger partial charge on any atom is 0.140 e. The summed E-state index contributed by atoms with van der Waals surface area (Å²) >= 11 is 0. The maximum absolute atomic E-state index is 12.0. The molecule has 1 aromatic rings. The minimum Gasteiger partial charge on any atom is -0.299 e. The highest BCUT2D eigenvalue weighted by molar-refractivity contribution is 5.87. The van der Waals surface area contributed by atoms with E-state index in [-0.39, 0.29) is 5.92 Å². The van der Waals surface area contributed by atoms with Crippen molar-refractivity contribution < 1.29 is 4.79 Å². The highest BCUT2D eigenvalue weighted by Crippen LogP contribution is 2.32. The molecule has 0 heterocycles. The van der Waals surface area contributed by atoms with E-state index in [2.05, 4.69) is 31.2 Å². The van der Waals surface area contributed by atoms with E-state index >= 15 is 0 Å². The summed E-state index contributed by atoms with van der Waals surface area (Å²) in [6.45, 7) is 2.20. The number of benzene rings is 1. The quantitative estimate of drug-likeness (QED) is 0.698. The molecule has 1 aliphatic carbocycles. The van der Waals surface area contributed by atoms with Gasteiger partial charge in [-0.2, -0.15) is 0 Å². The van der Waals surface area contributed by atoms with Gasteiger partial charge in [-0.05, 0) is 24.0 Å². The van der Waals surface area contributed by atoms with Gasteiger partial charge in [0.25, 0.3) is 0 Å². The molecule has 1 aliphatic rings. The minimum atomic E-state index is 0.191. The molecule has 0 aliphatic heterocycles. The Labute approximate surface area is 97.9 Å². The number of rotatable bonds is 4. The Kier molecular flexibility index (Phi) is 3.76. The van der Waals surface area contributed by atoms with E-state index in [1.54, 1.807) is 0 Å². The normalized spacial score (nSPS) is 19.6. The van der Waals surface area contributed by atoms with Gasteiger partial charge < -0.3 is 0 Å². The first kappa shape index (κ1) is 11.4. The zero-order chi connectivity index (χ0) is 11.4. The Morgan fingerprint density at radius 2 is 2.00 bits per heavy atom. The third-order valence-electron chi connectivity index (χ3n) is 3.56. The molecule has 0 radical (unpaired) electrons. The van der Waals surface area contributed by atoms with Gasteiger partial charge in [0.05, 0.1) is 0 Å². The molecule has 1 atom stereocenters. The Balaban J connectivity index is 2.13. The molecule has 0 amide bonds. The van der Waals surface area contributed by atoms with Crippen LogP contribution in [0, 0.1) is 0 Å². The lowest BCUT2D eigenvalue weighted by atomic mass is 9.79. The highest BCUT2D eigenvalue weighted by Gasteiger charge is 2.26. The van der Waals surface area contributed by atoms with Crippen molar-refractivity contribution in [3.8, 4) is 0 Å². The molecule has 0 saturated heterocycles. The summed E-state index contributed by atoms with van der Waals surface area (Å²) in [7, 11) is 0. The van der Waals surface area contributed by atoms with Crippen molar-refractivity contribution in [1.82, 2.24) is 0 Å². The van der Waals surface area contributed by atoms with Crippen LogP contribution in [0.3, 0.4) is 0 Å². The first-order chi connectivity index (χ1) is 7.83. The number of hydrogen-bond acceptors (Lipinski definition) is 1. The Bertz CT molecular complexity index is 367. The molecule has 0 fully saturated rings. The van der Waals surface area contributed by atoms with Gasteiger partial charge in [-0.25, -0.2) is 0 Å². The minimum absolute atomic E-state index is 0.191. The summed E-state index contributed by atoms with van der Waals surface area (Å²) < 4.78 is 0. The number of carbonyl (C=O) groups is 1. The topological polar surface area (TPSA) is 17.1 Å². The Morgan fingerprint density at radius 1 is 1.19 bits per heavy atom. The van der Waals surface area contributed by atoms with Crippen molar-refractivity contribution in [2.45, 2.75) is 51.4 Å². The molecule has 0 bridgehead atoms. The van der Waals surface area contributed by atoms with E-state index in [4.69, 9.17) is 0 Å². The van der Waals surface area contributed by atoms with Gasteiger partial charge in [0.15, 0.2) is 0 Å². The van der Waals surface area contributed by atoms with Crippen molar-refractivity contribution >= 4 is 5.78 Å². The van der Waals surface area contributed by atoms with Crippen LogP contribution >= 0.6 is 0 Å². The molecule has 1 nitrogen and oxygen atoms in total. The predicted octanol–water partition coefficient (Wildman–Crippen LogP) is 3.87. The zero-order valence-electron chi connectivity index (χ0n) is 10.0. The van der Waals surface area contributed by atoms with E-state index in [9.17, 15) is 4.79 Å². The van der Waals surface area contributed by atoms with E-state index in [1.165, 1.54) is 30.4 Å². The van der Waals surface area contributed by atoms with Crippen molar-refractivity contribution in [3.05, 3.63) is 35.4 Å². The van der Waals surface area contributed by atoms with Gasteiger partial charge in [-0.1, -0.05) is 50.5 Å². The van der Waals surface area contributed by atoms with Crippen molar-refractivity contribution in [2.24, 2.45) is 0 Å². The lowest BCUT2D eigenvalue weighted by molar-refractivity contribution is -0.121. The number of carbonyl (C=O) groups excluding carboxylic acids is 1. The van der Waals surface area contributed by atoms with Crippen molar-refractivity contribution in [2.75, 3.05) is 0 Å². The summed E-state index contributed by atoms with van der Waals surface area (Å²) in [5, 5.41) is 0. The monoisotopic (exact) mass is 216 g/mol. The number of ketones is 1. The van der Waals surface area contributed by atoms with Crippen LogP contribution in [0.25, 0.3) is 0 Å². The van der Waals surface area contributed by atoms with E-state index in [0.29, 0.717) is 5.78 Å². The van der Waals surface area contributed by atoms with Gasteiger partial charge in [0.2, 0.25) is 0 Å². The number of hydrogen-bond donors (Lipinski definition) is 0. The molecule has 1 heteroatoms. The summed E-state index contributed by atoms with van der Waals surface area (Å²) in [4.78, 5) is 12.0. The molecule has 0 saturated carbocycles. The van der Waals surface area contributed by atoms with Crippen LogP contribution in [0.4, 0.5) is 0 Å². The van der Waals surface area contributed by atoms with Crippen molar-refractivity contribution in [1.29, 1.82) is 0 Å². The molecule has 0 N–H and O–H groups in total. The van der Waals surface area contributed by atoms with E-state index in [0.717, 1.165) is 19.3 Å². The van der Waals surface area contributed by atoms with E-state index < -0.39 is 0 Å². The third kappa shape index (κ3) is 2.34. The smallest absolute Gasteiger partial charge is 0.140 e. The molecular weight excluding hydrogens is 196 g/mol. The van der Waals surface area contributed by atoms with Gasteiger partial charge in [-0.3, -0.25) is 4.79 Å². The fourth-order valence-electron chi connectivity index (χ4n) is 2.62. The van der Waals surface area contributed by atoms with Gasteiger partial charge in [-0.15, -0.1) is 0 Å². The molecule has 86 valence electrons. The van der Waals surface area contributed by atoms with Crippen LogP contribution in [0.5, 0.6) is 0 Å². The Morgan fingerprint density at radius 3 is 2.81 bits per heavy atom. The predicted molar refractivity (Wildman–Crippen MR) is 66.7 cm³/mol. The second kappa shape index (κ2) is 5.29. The SMILES string of the molecule is CCCCCC1C(=O)CCc2ccccc21. The molecular formula is C15H20O. The Hall–Kier alpha value is -1.11. The van der Waals surface area contributed by atoms with Crippen LogP contribution in [-0.4, -0.2) is 5.78 Å². The van der Waals surface area contributed by atoms with Gasteiger partial charge >= 0.3 is 0 Å². The van der Waals surface area contributed by atoms with Crippen molar-refractivity contribution in [3.63, 3.8) is 0 Å². The summed E-state index contributed by atoms with van der Waals surface area (Å²) in [5.41, 5.74) is 2.69. The molecule has 1 aromatic carbocycles. The second-order valence-corrected chi connectivity index (χ2v) is 4.71. The van der Waals surface area contributed by atoms with Crippen LogP contribution in [-0.2, 0) is 11.2 Å². The number of aryl methyl sites for hydroxylation is 1. The van der Waals surface area contributed by atoms with Gasteiger partial charge in [0.1, 0.15) is 5.78 Å². The number of Topliss-reactive ketones (excluding diaryl/α,β-unsaturated/α-hetero) is 1. The first-order valence-corrected chi connectivity index (χ1v) is 6.43. The molecule has 1 unspecified atom stereocenters. The summed E-state index contributed by atoms with van der Waals surface area (Å²) in [5.74, 6) is 0.645. The lowest BCUT2D eigenvalue weighted by Gasteiger charge is -2.24. The molecule has 2 rings (SSSR count). The largest absolute Gasteiger partial charge is 0.299 e. The fraction of sp³-hybridized carbons (Fsp3) is 0.533. The molecule has 16 heavy (non-hydrogen) atoms. The van der Waals surface area contributed by atoms with Crippen LogP contribution in [0.2, 0.25) is 0 Å². The van der Waals surface area contributed by atoms with E-state index in [1.807, 2.05) is 0 Å². The van der Waals surface area contributed by atoms with Crippen LogP contribution in [0.15, 0.2) is 24.3 Å².